The first-order valence-electron chi connectivity index (χ1n) is 8.32. The van der Waals surface area contributed by atoms with E-state index in [-0.39, 0.29) is 18.1 Å². The van der Waals surface area contributed by atoms with Gasteiger partial charge < -0.3 is 14.8 Å². The molecule has 2 aromatic rings. The van der Waals surface area contributed by atoms with Crippen LogP contribution in [0.3, 0.4) is 0 Å². The molecule has 0 bridgehead atoms. The molecule has 0 radical (unpaired) electrons. The third-order valence-corrected chi connectivity index (χ3v) is 3.49. The zero-order valence-electron chi connectivity index (χ0n) is 14.7. The first-order valence-corrected chi connectivity index (χ1v) is 8.32. The van der Waals surface area contributed by atoms with Crippen LogP contribution in [0.15, 0.2) is 48.5 Å². The largest absolute Gasteiger partial charge is 0.491 e. The van der Waals surface area contributed by atoms with Gasteiger partial charge in [-0.05, 0) is 69.7 Å². The van der Waals surface area contributed by atoms with E-state index in [2.05, 4.69) is 12.2 Å². The van der Waals surface area contributed by atoms with Crippen molar-refractivity contribution in [3.63, 3.8) is 0 Å². The summed E-state index contributed by atoms with van der Waals surface area (Å²) in [5, 5.41) is 2.88. The maximum absolute atomic E-state index is 12.4. The molecular weight excluding hydrogens is 302 g/mol. The first-order chi connectivity index (χ1) is 11.5. The lowest BCUT2D eigenvalue weighted by Gasteiger charge is -2.13. The number of carbonyl (C=O) groups is 1. The maximum Gasteiger partial charge on any atom is 0.255 e. The lowest BCUT2D eigenvalue weighted by molar-refractivity contribution is 0.102. The molecule has 0 aromatic heterocycles. The van der Waals surface area contributed by atoms with Gasteiger partial charge in [-0.25, -0.2) is 0 Å². The van der Waals surface area contributed by atoms with E-state index in [4.69, 9.17) is 9.47 Å². The molecule has 0 fully saturated rings. The maximum atomic E-state index is 12.4. The number of ether oxygens (including phenoxy) is 2. The van der Waals surface area contributed by atoms with E-state index in [0.29, 0.717) is 11.3 Å². The summed E-state index contributed by atoms with van der Waals surface area (Å²) in [6.45, 7) is 8.02. The number of amides is 1. The molecule has 0 aliphatic heterocycles. The van der Waals surface area contributed by atoms with E-state index >= 15 is 0 Å². The first kappa shape index (κ1) is 17.9. The molecule has 2 rings (SSSR count). The van der Waals surface area contributed by atoms with Gasteiger partial charge in [0, 0.05) is 11.3 Å². The van der Waals surface area contributed by atoms with Crippen molar-refractivity contribution in [2.24, 2.45) is 0 Å². The lowest BCUT2D eigenvalue weighted by Crippen LogP contribution is -2.13. The second-order valence-corrected chi connectivity index (χ2v) is 6.01. The molecular formula is C20H25NO3. The lowest BCUT2D eigenvalue weighted by atomic mass is 10.2. The Morgan fingerprint density at radius 1 is 1.00 bits per heavy atom. The van der Waals surface area contributed by atoms with Gasteiger partial charge in [-0.15, -0.1) is 0 Å². The summed E-state index contributed by atoms with van der Waals surface area (Å²) in [6.07, 6.45) is 1.16. The molecule has 0 heterocycles. The number of hydrogen-bond donors (Lipinski definition) is 1. The van der Waals surface area contributed by atoms with Crippen molar-refractivity contribution in [3.05, 3.63) is 54.1 Å². The topological polar surface area (TPSA) is 47.6 Å². The minimum atomic E-state index is -0.165. The Hall–Kier alpha value is -2.49. The molecule has 1 N–H and O–H groups in total. The van der Waals surface area contributed by atoms with Gasteiger partial charge in [-0.2, -0.15) is 0 Å². The minimum absolute atomic E-state index is 0.122. The van der Waals surface area contributed by atoms with E-state index < -0.39 is 0 Å². The molecule has 1 unspecified atom stereocenters. The van der Waals surface area contributed by atoms with Gasteiger partial charge in [0.1, 0.15) is 11.5 Å². The van der Waals surface area contributed by atoms with Crippen LogP contribution in [0.5, 0.6) is 11.5 Å². The van der Waals surface area contributed by atoms with Gasteiger partial charge in [-0.3, -0.25) is 4.79 Å². The van der Waals surface area contributed by atoms with Gasteiger partial charge >= 0.3 is 0 Å². The molecule has 0 saturated heterocycles. The van der Waals surface area contributed by atoms with Crippen molar-refractivity contribution >= 4 is 11.6 Å². The van der Waals surface area contributed by atoms with Crippen molar-refractivity contribution in [2.45, 2.75) is 46.3 Å². The third kappa shape index (κ3) is 5.30. The van der Waals surface area contributed by atoms with Gasteiger partial charge in [0.2, 0.25) is 0 Å². The highest BCUT2D eigenvalue weighted by Gasteiger charge is 2.09. The normalized spacial score (nSPS) is 11.9. The summed E-state index contributed by atoms with van der Waals surface area (Å²) in [6, 6.07) is 14.6. The Balaban J connectivity index is 2.02. The van der Waals surface area contributed by atoms with Crippen LogP contribution in [-0.2, 0) is 0 Å². The molecule has 4 heteroatoms. The number of nitrogens with one attached hydrogen (secondary N) is 1. The molecule has 0 aliphatic carbocycles. The van der Waals surface area contributed by atoms with Crippen LogP contribution in [-0.4, -0.2) is 18.1 Å². The van der Waals surface area contributed by atoms with Crippen molar-refractivity contribution in [1.82, 2.24) is 0 Å². The zero-order valence-corrected chi connectivity index (χ0v) is 14.7. The Bertz CT molecular complexity index is 665. The van der Waals surface area contributed by atoms with Gasteiger partial charge in [-0.1, -0.05) is 13.0 Å². The Morgan fingerprint density at radius 2 is 1.71 bits per heavy atom. The fraction of sp³-hybridized carbons (Fsp3) is 0.350. The van der Waals surface area contributed by atoms with E-state index in [9.17, 15) is 4.79 Å². The summed E-state index contributed by atoms with van der Waals surface area (Å²) in [5.74, 6) is 1.33. The quantitative estimate of drug-likeness (QED) is 0.786. The van der Waals surface area contributed by atoms with Gasteiger partial charge in [0.25, 0.3) is 5.91 Å². The van der Waals surface area contributed by atoms with Crippen LogP contribution in [0.4, 0.5) is 5.69 Å². The van der Waals surface area contributed by atoms with Gasteiger partial charge in [0.15, 0.2) is 0 Å². The summed E-state index contributed by atoms with van der Waals surface area (Å²) < 4.78 is 11.4. The van der Waals surface area contributed by atoms with E-state index in [1.165, 1.54) is 0 Å². The number of carbonyl (C=O) groups excluding carboxylic acids is 1. The molecule has 0 aliphatic rings. The van der Waals surface area contributed by atoms with E-state index in [1.807, 2.05) is 57.2 Å². The molecule has 0 saturated carbocycles. The predicted molar refractivity (Wildman–Crippen MR) is 97.0 cm³/mol. The number of benzene rings is 2. The van der Waals surface area contributed by atoms with Crippen LogP contribution in [0.25, 0.3) is 0 Å². The fourth-order valence-corrected chi connectivity index (χ4v) is 2.12. The fourth-order valence-electron chi connectivity index (χ4n) is 2.12. The molecule has 1 amide bonds. The molecule has 24 heavy (non-hydrogen) atoms. The van der Waals surface area contributed by atoms with Crippen molar-refractivity contribution in [3.8, 4) is 11.5 Å². The summed E-state index contributed by atoms with van der Waals surface area (Å²) in [5.41, 5.74) is 1.29. The van der Waals surface area contributed by atoms with Crippen LogP contribution in [0.2, 0.25) is 0 Å². The average molecular weight is 327 g/mol. The Morgan fingerprint density at radius 3 is 2.33 bits per heavy atom. The summed E-state index contributed by atoms with van der Waals surface area (Å²) >= 11 is 0. The highest BCUT2D eigenvalue weighted by molar-refractivity contribution is 6.04. The number of anilines is 1. The Kier molecular flexibility index (Phi) is 6.24. The van der Waals surface area contributed by atoms with Crippen molar-refractivity contribution < 1.29 is 14.3 Å². The average Bonchev–Trinajstić information content (AvgIpc) is 2.56. The Labute approximate surface area is 143 Å². The predicted octanol–water partition coefficient (Wildman–Crippen LogP) is 4.90. The third-order valence-electron chi connectivity index (χ3n) is 3.49. The summed E-state index contributed by atoms with van der Waals surface area (Å²) in [4.78, 5) is 12.4. The van der Waals surface area contributed by atoms with E-state index in [1.54, 1.807) is 12.1 Å². The van der Waals surface area contributed by atoms with Crippen LogP contribution in [0.1, 0.15) is 44.5 Å². The molecule has 0 spiro atoms. The molecule has 1 atom stereocenters. The van der Waals surface area contributed by atoms with E-state index in [0.717, 1.165) is 17.9 Å². The minimum Gasteiger partial charge on any atom is -0.491 e. The smallest absolute Gasteiger partial charge is 0.255 e. The molecule has 128 valence electrons. The second kappa shape index (κ2) is 8.39. The standard InChI is InChI=1S/C20H25NO3/c1-5-15(4)24-19-8-6-7-16(13-19)20(22)21-17-9-11-18(12-10-17)23-14(2)3/h6-15H,5H2,1-4H3,(H,21,22). The molecule has 2 aromatic carbocycles. The van der Waals surface area contributed by atoms with Crippen LogP contribution in [0, 0.1) is 0 Å². The van der Waals surface area contributed by atoms with Gasteiger partial charge in [0.05, 0.1) is 12.2 Å². The van der Waals surface area contributed by atoms with Crippen LogP contribution >= 0.6 is 0 Å². The highest BCUT2D eigenvalue weighted by atomic mass is 16.5. The second-order valence-electron chi connectivity index (χ2n) is 6.01. The number of hydrogen-bond acceptors (Lipinski definition) is 3. The van der Waals surface area contributed by atoms with Crippen LogP contribution < -0.4 is 14.8 Å². The monoisotopic (exact) mass is 327 g/mol. The van der Waals surface area contributed by atoms with Crippen molar-refractivity contribution in [1.29, 1.82) is 0 Å². The highest BCUT2D eigenvalue weighted by Crippen LogP contribution is 2.19. The zero-order chi connectivity index (χ0) is 17.5. The van der Waals surface area contributed by atoms with Crippen molar-refractivity contribution in [2.75, 3.05) is 5.32 Å². The SMILES string of the molecule is CCC(C)Oc1cccc(C(=O)Nc2ccc(OC(C)C)cc2)c1. The summed E-state index contributed by atoms with van der Waals surface area (Å²) in [7, 11) is 0. The number of rotatable bonds is 7. The molecule has 4 nitrogen and oxygen atoms in total.